The molecule has 4 nitrogen and oxygen atoms in total. The zero-order chi connectivity index (χ0) is 12.0. The Morgan fingerprint density at radius 2 is 2.31 bits per heavy atom. The summed E-state index contributed by atoms with van der Waals surface area (Å²) in [5.74, 6) is 0.211. The molecule has 0 bridgehead atoms. The van der Waals surface area contributed by atoms with Crippen molar-refractivity contribution in [2.45, 2.75) is 45.3 Å². The molecule has 1 rings (SSSR count). The van der Waals surface area contributed by atoms with Gasteiger partial charge in [0.25, 0.3) is 0 Å². The molecule has 0 radical (unpaired) electrons. The van der Waals surface area contributed by atoms with Crippen LogP contribution in [0.5, 0.6) is 0 Å². The number of ketones is 1. The van der Waals surface area contributed by atoms with Gasteiger partial charge in [0.15, 0.2) is 0 Å². The maximum Gasteiger partial charge on any atom is 0.146 e. The highest BCUT2D eigenvalue weighted by atomic mass is 16.5. The first-order chi connectivity index (χ1) is 7.65. The van der Waals surface area contributed by atoms with E-state index in [0.29, 0.717) is 19.8 Å². The van der Waals surface area contributed by atoms with Gasteiger partial charge in [0.2, 0.25) is 0 Å². The number of aliphatic hydroxyl groups is 1. The number of Topliss-reactive ketones (excluding diaryl/α,β-unsaturated/α-hetero) is 1. The smallest absolute Gasteiger partial charge is 0.146 e. The van der Waals surface area contributed by atoms with E-state index in [1.54, 1.807) is 6.92 Å². The van der Waals surface area contributed by atoms with E-state index in [1.165, 1.54) is 0 Å². The second kappa shape index (κ2) is 6.99. The van der Waals surface area contributed by atoms with Crippen molar-refractivity contribution in [2.75, 3.05) is 26.3 Å². The minimum Gasteiger partial charge on any atom is -0.389 e. The molecule has 0 aromatic rings. The predicted octanol–water partition coefficient (Wildman–Crippen LogP) is 0.827. The van der Waals surface area contributed by atoms with E-state index in [1.807, 2.05) is 6.92 Å². The van der Waals surface area contributed by atoms with Crippen LogP contribution in [0.25, 0.3) is 0 Å². The van der Waals surface area contributed by atoms with Gasteiger partial charge in [-0.15, -0.1) is 0 Å². The highest BCUT2D eigenvalue weighted by molar-refractivity contribution is 5.81. The van der Waals surface area contributed by atoms with Crippen molar-refractivity contribution >= 4 is 5.78 Å². The van der Waals surface area contributed by atoms with Crippen LogP contribution in [0, 0.1) is 0 Å². The van der Waals surface area contributed by atoms with E-state index in [-0.39, 0.29) is 11.8 Å². The van der Waals surface area contributed by atoms with Gasteiger partial charge in [-0.2, -0.15) is 0 Å². The molecule has 1 aliphatic heterocycles. The van der Waals surface area contributed by atoms with Crippen molar-refractivity contribution < 1.29 is 14.6 Å². The highest BCUT2D eigenvalue weighted by Gasteiger charge is 2.27. The first-order valence-corrected chi connectivity index (χ1v) is 6.15. The number of hydrogen-bond donors (Lipinski definition) is 1. The van der Waals surface area contributed by atoms with Crippen LogP contribution in [-0.2, 0) is 9.53 Å². The maximum atomic E-state index is 11.5. The topological polar surface area (TPSA) is 49.8 Å². The molecule has 4 heteroatoms. The number of hydrogen-bond acceptors (Lipinski definition) is 4. The average molecular weight is 229 g/mol. The third-order valence-corrected chi connectivity index (χ3v) is 3.04. The van der Waals surface area contributed by atoms with Crippen molar-refractivity contribution in [1.82, 2.24) is 4.90 Å². The molecule has 0 aromatic carbocycles. The lowest BCUT2D eigenvalue weighted by atomic mass is 9.99. The number of rotatable bonds is 6. The van der Waals surface area contributed by atoms with Crippen LogP contribution in [0.15, 0.2) is 0 Å². The molecule has 2 unspecified atom stereocenters. The number of nitrogens with zero attached hydrogens (tertiary/aromatic N) is 1. The van der Waals surface area contributed by atoms with Crippen molar-refractivity contribution in [3.05, 3.63) is 0 Å². The Morgan fingerprint density at radius 1 is 1.56 bits per heavy atom. The second-order valence-electron chi connectivity index (χ2n) is 4.43. The quantitative estimate of drug-likeness (QED) is 0.733. The summed E-state index contributed by atoms with van der Waals surface area (Å²) < 4.78 is 5.17. The second-order valence-corrected chi connectivity index (χ2v) is 4.43. The summed E-state index contributed by atoms with van der Waals surface area (Å²) in [6.45, 7) is 5.98. The number of carbonyl (C=O) groups excluding carboxylic acids is 1. The molecule has 0 saturated carbocycles. The Balaban J connectivity index is 2.39. The molecular weight excluding hydrogens is 206 g/mol. The van der Waals surface area contributed by atoms with E-state index in [2.05, 4.69) is 4.90 Å². The average Bonchev–Trinajstić information content (AvgIpc) is 2.27. The molecule has 1 fully saturated rings. The molecule has 1 aliphatic rings. The summed E-state index contributed by atoms with van der Waals surface area (Å²) in [5, 5.41) is 9.75. The Labute approximate surface area is 97.6 Å². The molecule has 2 atom stereocenters. The summed E-state index contributed by atoms with van der Waals surface area (Å²) in [7, 11) is 0. The van der Waals surface area contributed by atoms with Crippen LogP contribution in [-0.4, -0.2) is 54.2 Å². The zero-order valence-electron chi connectivity index (χ0n) is 10.3. The van der Waals surface area contributed by atoms with Crippen molar-refractivity contribution in [3.63, 3.8) is 0 Å². The lowest BCUT2D eigenvalue weighted by Gasteiger charge is -2.35. The maximum absolute atomic E-state index is 11.5. The van der Waals surface area contributed by atoms with E-state index >= 15 is 0 Å². The first kappa shape index (κ1) is 13.6. The van der Waals surface area contributed by atoms with Gasteiger partial charge in [0.1, 0.15) is 5.78 Å². The van der Waals surface area contributed by atoms with E-state index in [4.69, 9.17) is 4.74 Å². The van der Waals surface area contributed by atoms with Crippen LogP contribution in [0.1, 0.15) is 33.1 Å². The Kier molecular flexibility index (Phi) is 5.95. The van der Waals surface area contributed by atoms with Crippen LogP contribution in [0.2, 0.25) is 0 Å². The van der Waals surface area contributed by atoms with Gasteiger partial charge in [-0.1, -0.05) is 6.42 Å². The van der Waals surface area contributed by atoms with Gasteiger partial charge in [0.05, 0.1) is 18.8 Å². The predicted molar refractivity (Wildman–Crippen MR) is 62.4 cm³/mol. The van der Waals surface area contributed by atoms with E-state index < -0.39 is 6.10 Å². The van der Waals surface area contributed by atoms with Crippen LogP contribution >= 0.6 is 0 Å². The summed E-state index contributed by atoms with van der Waals surface area (Å²) >= 11 is 0. The number of piperidine rings is 1. The molecule has 1 N–H and O–H groups in total. The Hall–Kier alpha value is -0.450. The summed E-state index contributed by atoms with van der Waals surface area (Å²) in [6, 6.07) is 0.00465. The molecule has 0 amide bonds. The van der Waals surface area contributed by atoms with Crippen LogP contribution < -0.4 is 0 Å². The molecule has 0 aliphatic carbocycles. The van der Waals surface area contributed by atoms with E-state index in [9.17, 15) is 9.90 Å². The molecule has 94 valence electrons. The number of ether oxygens (including phenoxy) is 1. The molecular formula is C12H23NO3. The lowest BCUT2D eigenvalue weighted by Crippen LogP contribution is -2.47. The molecule has 1 saturated heterocycles. The first-order valence-electron chi connectivity index (χ1n) is 6.15. The minimum absolute atomic E-state index is 0.00465. The van der Waals surface area contributed by atoms with Gasteiger partial charge in [0, 0.05) is 13.2 Å². The normalized spacial score (nSPS) is 24.3. The fourth-order valence-corrected chi connectivity index (χ4v) is 2.25. The molecule has 16 heavy (non-hydrogen) atoms. The van der Waals surface area contributed by atoms with E-state index in [0.717, 1.165) is 25.8 Å². The number of aliphatic hydroxyl groups excluding tert-OH is 1. The number of carbonyl (C=O) groups is 1. The molecule has 1 heterocycles. The number of likely N-dealkylation sites (tertiary alicyclic amines) is 1. The van der Waals surface area contributed by atoms with Gasteiger partial charge < -0.3 is 9.84 Å². The monoisotopic (exact) mass is 229 g/mol. The van der Waals surface area contributed by atoms with Gasteiger partial charge in [-0.25, -0.2) is 0 Å². The third-order valence-electron chi connectivity index (χ3n) is 3.04. The Morgan fingerprint density at radius 3 is 2.94 bits per heavy atom. The fourth-order valence-electron chi connectivity index (χ4n) is 2.25. The van der Waals surface area contributed by atoms with Gasteiger partial charge >= 0.3 is 0 Å². The minimum atomic E-state index is -0.486. The van der Waals surface area contributed by atoms with Crippen LogP contribution in [0.4, 0.5) is 0 Å². The SMILES string of the molecule is CCOCC(O)CN1CCCCC1C(C)=O. The zero-order valence-corrected chi connectivity index (χ0v) is 10.3. The summed E-state index contributed by atoms with van der Waals surface area (Å²) in [5.41, 5.74) is 0. The van der Waals surface area contributed by atoms with Crippen LogP contribution in [0.3, 0.4) is 0 Å². The fraction of sp³-hybridized carbons (Fsp3) is 0.917. The molecule has 0 aromatic heterocycles. The lowest BCUT2D eigenvalue weighted by molar-refractivity contribution is -0.124. The van der Waals surface area contributed by atoms with Crippen molar-refractivity contribution in [3.8, 4) is 0 Å². The standard InChI is InChI=1S/C12H23NO3/c1-3-16-9-11(15)8-13-7-5-4-6-12(13)10(2)14/h11-12,15H,3-9H2,1-2H3. The third kappa shape index (κ3) is 4.20. The summed E-state index contributed by atoms with van der Waals surface area (Å²) in [4.78, 5) is 13.5. The van der Waals surface area contributed by atoms with Crippen molar-refractivity contribution in [1.29, 1.82) is 0 Å². The Bertz CT molecular complexity index is 220. The molecule has 0 spiro atoms. The van der Waals surface area contributed by atoms with Crippen molar-refractivity contribution in [2.24, 2.45) is 0 Å². The largest absolute Gasteiger partial charge is 0.389 e. The van der Waals surface area contributed by atoms with Gasteiger partial charge in [-0.05, 0) is 33.2 Å². The summed E-state index contributed by atoms with van der Waals surface area (Å²) in [6.07, 6.45) is 2.67. The van der Waals surface area contributed by atoms with Gasteiger partial charge in [-0.3, -0.25) is 9.69 Å². The highest BCUT2D eigenvalue weighted by Crippen LogP contribution is 2.17. The number of β-amino-alcohol motifs (C(OH)–C–C–N with tert-alkyl or cyclic N) is 1.